The number of aromatic nitrogens is 1. The monoisotopic (exact) mass is 400 g/mol. The van der Waals surface area contributed by atoms with Crippen LogP contribution in [0.15, 0.2) is 24.4 Å². The van der Waals surface area contributed by atoms with E-state index >= 15 is 0 Å². The van der Waals surface area contributed by atoms with Crippen LogP contribution in [0.3, 0.4) is 0 Å². The summed E-state index contributed by atoms with van der Waals surface area (Å²) >= 11 is 1.79. The minimum Gasteiger partial charge on any atom is -0.444 e. The third-order valence-electron chi connectivity index (χ3n) is 4.83. The first-order valence-corrected chi connectivity index (χ1v) is 10.8. The third-order valence-corrected chi connectivity index (χ3v) is 5.88. The molecule has 2 heterocycles. The van der Waals surface area contributed by atoms with Gasteiger partial charge in [-0.25, -0.2) is 9.78 Å². The summed E-state index contributed by atoms with van der Waals surface area (Å²) in [6.07, 6.45) is 2.78. The van der Waals surface area contributed by atoms with Crippen LogP contribution in [0.2, 0.25) is 0 Å². The molecule has 5 heteroatoms. The fourth-order valence-electron chi connectivity index (χ4n) is 3.89. The second-order valence-corrected chi connectivity index (χ2v) is 10.9. The largest absolute Gasteiger partial charge is 0.444 e. The number of fused-ring (bicyclic) bond motifs is 1. The summed E-state index contributed by atoms with van der Waals surface area (Å²) < 4.78 is 5.62. The molecule has 1 amide bonds. The molecule has 0 atom stereocenters. The smallest absolute Gasteiger partial charge is 0.410 e. The fraction of sp³-hybridized carbons (Fsp3) is 0.565. The minimum absolute atomic E-state index is 0.163. The first kappa shape index (κ1) is 20.8. The van der Waals surface area contributed by atoms with Gasteiger partial charge in [0.1, 0.15) is 5.60 Å². The van der Waals surface area contributed by atoms with Crippen molar-refractivity contribution in [3.8, 4) is 10.4 Å². The van der Waals surface area contributed by atoms with Crippen molar-refractivity contribution in [3.63, 3.8) is 0 Å². The van der Waals surface area contributed by atoms with E-state index in [1.165, 1.54) is 26.6 Å². The highest BCUT2D eigenvalue weighted by Gasteiger charge is 2.37. The zero-order valence-corrected chi connectivity index (χ0v) is 18.9. The number of rotatable bonds is 3. The van der Waals surface area contributed by atoms with Crippen molar-refractivity contribution in [2.75, 3.05) is 6.54 Å². The third kappa shape index (κ3) is 4.57. The zero-order valence-electron chi connectivity index (χ0n) is 18.1. The van der Waals surface area contributed by atoms with Gasteiger partial charge in [-0.15, -0.1) is 11.3 Å². The summed E-state index contributed by atoms with van der Waals surface area (Å²) in [7, 11) is 0. The molecular weight excluding hydrogens is 368 g/mol. The lowest BCUT2D eigenvalue weighted by Gasteiger charge is -2.41. The number of benzene rings is 1. The molecular formula is C23H32N2O2S. The normalized spacial score (nSPS) is 16.2. The summed E-state index contributed by atoms with van der Waals surface area (Å²) in [6, 6.07) is 6.41. The van der Waals surface area contributed by atoms with E-state index in [2.05, 4.69) is 50.9 Å². The van der Waals surface area contributed by atoms with Crippen molar-refractivity contribution >= 4 is 17.4 Å². The summed E-state index contributed by atoms with van der Waals surface area (Å²) in [5.41, 5.74) is 3.12. The number of amides is 1. The van der Waals surface area contributed by atoms with E-state index < -0.39 is 5.60 Å². The number of carbonyl (C=O) groups excluding carboxylic acids is 1. The maximum atomic E-state index is 12.7. The predicted molar refractivity (Wildman–Crippen MR) is 116 cm³/mol. The lowest BCUT2D eigenvalue weighted by Crippen LogP contribution is -2.47. The van der Waals surface area contributed by atoms with Crippen LogP contribution in [-0.2, 0) is 23.1 Å². The van der Waals surface area contributed by atoms with E-state index in [1.54, 1.807) is 11.3 Å². The van der Waals surface area contributed by atoms with Crippen LogP contribution >= 0.6 is 11.3 Å². The van der Waals surface area contributed by atoms with E-state index in [4.69, 9.17) is 4.74 Å². The lowest BCUT2D eigenvalue weighted by atomic mass is 9.75. The van der Waals surface area contributed by atoms with Gasteiger partial charge in [-0.05, 0) is 43.4 Å². The first-order chi connectivity index (χ1) is 13.0. The molecule has 0 saturated carbocycles. The van der Waals surface area contributed by atoms with Gasteiger partial charge in [0, 0.05) is 31.1 Å². The molecule has 0 unspecified atom stereocenters. The number of hydrogen-bond donors (Lipinski definition) is 0. The topological polar surface area (TPSA) is 42.4 Å². The standard InChI is InChI=1S/C23H32N2O2S/c1-15(2)11-19-24-12-18(28-19)17-10-8-9-16-13-25(14-23(6,7)20(16)17)21(26)27-22(3,4)5/h8-10,12,15H,11,13-14H2,1-7H3. The summed E-state index contributed by atoms with van der Waals surface area (Å²) in [5.74, 6) is 0.600. The molecule has 0 bridgehead atoms. The Morgan fingerprint density at radius 3 is 2.68 bits per heavy atom. The molecule has 3 rings (SSSR count). The van der Waals surface area contributed by atoms with Gasteiger partial charge in [0.2, 0.25) is 0 Å². The molecule has 2 aromatic rings. The van der Waals surface area contributed by atoms with E-state index in [1.807, 2.05) is 31.9 Å². The fourth-order valence-corrected chi connectivity index (χ4v) is 5.05. The van der Waals surface area contributed by atoms with Crippen molar-refractivity contribution in [2.45, 2.75) is 72.4 Å². The van der Waals surface area contributed by atoms with Crippen LogP contribution in [0.25, 0.3) is 10.4 Å². The number of ether oxygens (including phenoxy) is 1. The lowest BCUT2D eigenvalue weighted by molar-refractivity contribution is 0.0174. The van der Waals surface area contributed by atoms with Crippen molar-refractivity contribution in [2.24, 2.45) is 5.92 Å². The van der Waals surface area contributed by atoms with E-state index in [0.29, 0.717) is 19.0 Å². The quantitative estimate of drug-likeness (QED) is 0.631. The Morgan fingerprint density at radius 2 is 2.04 bits per heavy atom. The predicted octanol–water partition coefficient (Wildman–Crippen LogP) is 6.04. The second kappa shape index (κ2) is 7.51. The maximum Gasteiger partial charge on any atom is 0.410 e. The average Bonchev–Trinajstić information content (AvgIpc) is 2.99. The highest BCUT2D eigenvalue weighted by Crippen LogP contribution is 2.42. The van der Waals surface area contributed by atoms with Crippen molar-refractivity contribution in [1.82, 2.24) is 9.88 Å². The molecule has 1 aliphatic rings. The Kier molecular flexibility index (Phi) is 5.59. The SMILES string of the molecule is CC(C)Cc1ncc(-c2cccc3c2C(C)(C)CN(C(=O)OC(C)(C)C)C3)s1. The van der Waals surface area contributed by atoms with Crippen molar-refractivity contribution < 1.29 is 9.53 Å². The first-order valence-electron chi connectivity index (χ1n) is 10.0. The molecule has 0 spiro atoms. The Morgan fingerprint density at radius 1 is 1.32 bits per heavy atom. The highest BCUT2D eigenvalue weighted by atomic mass is 32.1. The van der Waals surface area contributed by atoms with Crippen molar-refractivity contribution in [1.29, 1.82) is 0 Å². The highest BCUT2D eigenvalue weighted by molar-refractivity contribution is 7.15. The van der Waals surface area contributed by atoms with Crippen LogP contribution < -0.4 is 0 Å². The van der Waals surface area contributed by atoms with E-state index in [9.17, 15) is 4.79 Å². The minimum atomic E-state index is -0.487. The van der Waals surface area contributed by atoms with Crippen LogP contribution in [0.5, 0.6) is 0 Å². The molecule has 0 saturated heterocycles. The van der Waals surface area contributed by atoms with Crippen LogP contribution in [0.1, 0.15) is 64.6 Å². The number of nitrogens with zero attached hydrogens (tertiary/aromatic N) is 2. The molecule has 28 heavy (non-hydrogen) atoms. The van der Waals surface area contributed by atoms with E-state index in [0.717, 1.165) is 6.42 Å². The molecule has 1 aromatic heterocycles. The van der Waals surface area contributed by atoms with E-state index in [-0.39, 0.29) is 11.5 Å². The Bertz CT molecular complexity index is 862. The molecule has 0 N–H and O–H groups in total. The molecule has 4 nitrogen and oxygen atoms in total. The van der Waals surface area contributed by atoms with Gasteiger partial charge >= 0.3 is 6.09 Å². The number of carbonyl (C=O) groups is 1. The summed E-state index contributed by atoms with van der Waals surface area (Å²) in [4.78, 5) is 20.4. The molecule has 0 fully saturated rings. The average molecular weight is 401 g/mol. The van der Waals surface area contributed by atoms with Gasteiger partial charge in [-0.3, -0.25) is 0 Å². The Hall–Kier alpha value is -1.88. The van der Waals surface area contributed by atoms with Crippen LogP contribution in [0, 0.1) is 5.92 Å². The van der Waals surface area contributed by atoms with Gasteiger partial charge in [-0.1, -0.05) is 45.9 Å². The van der Waals surface area contributed by atoms with Crippen molar-refractivity contribution in [3.05, 3.63) is 40.5 Å². The zero-order chi connectivity index (χ0) is 20.7. The molecule has 1 aromatic carbocycles. The van der Waals surface area contributed by atoms with Crippen LogP contribution in [-0.4, -0.2) is 28.1 Å². The maximum absolute atomic E-state index is 12.7. The van der Waals surface area contributed by atoms with Gasteiger partial charge < -0.3 is 9.64 Å². The molecule has 1 aliphatic heterocycles. The second-order valence-electron chi connectivity index (χ2n) is 9.78. The summed E-state index contributed by atoms with van der Waals surface area (Å²) in [6.45, 7) is 15.8. The molecule has 0 radical (unpaired) electrons. The molecule has 0 aliphatic carbocycles. The number of hydrogen-bond acceptors (Lipinski definition) is 4. The number of thiazole rings is 1. The van der Waals surface area contributed by atoms with Gasteiger partial charge in [-0.2, -0.15) is 0 Å². The van der Waals surface area contributed by atoms with Crippen LogP contribution in [0.4, 0.5) is 4.79 Å². The van der Waals surface area contributed by atoms with Gasteiger partial charge in [0.05, 0.1) is 9.88 Å². The van der Waals surface area contributed by atoms with Gasteiger partial charge in [0.15, 0.2) is 0 Å². The Labute approximate surface area is 172 Å². The van der Waals surface area contributed by atoms with Gasteiger partial charge in [0.25, 0.3) is 0 Å². The Balaban J connectivity index is 1.95. The summed E-state index contributed by atoms with van der Waals surface area (Å²) in [5, 5.41) is 1.19. The molecule has 152 valence electrons.